The van der Waals surface area contributed by atoms with Gasteiger partial charge < -0.3 is 19.9 Å². The van der Waals surface area contributed by atoms with Crippen LogP contribution in [0.5, 0.6) is 0 Å². The van der Waals surface area contributed by atoms with Gasteiger partial charge in [0.05, 0.1) is 6.07 Å². The summed E-state index contributed by atoms with van der Waals surface area (Å²) in [6.07, 6.45) is 2.51. The molecule has 0 aliphatic carbocycles. The molecule has 0 bridgehead atoms. The van der Waals surface area contributed by atoms with E-state index in [4.69, 9.17) is 10.00 Å². The number of nitriles is 1. The van der Waals surface area contributed by atoms with Crippen LogP contribution in [0.25, 0.3) is 0 Å². The summed E-state index contributed by atoms with van der Waals surface area (Å²) < 4.78 is 5.43. The SMILES string of the molecule is CC(C)(C)OC(=O)N1CCCN(CCCCNC(=O)CC#N)CC1. The van der Waals surface area contributed by atoms with Crippen molar-refractivity contribution in [3.8, 4) is 6.07 Å². The molecule has 136 valence electrons. The first-order chi connectivity index (χ1) is 11.3. The largest absolute Gasteiger partial charge is 0.444 e. The van der Waals surface area contributed by atoms with Gasteiger partial charge in [0.25, 0.3) is 0 Å². The third-order valence-corrected chi connectivity index (χ3v) is 3.70. The summed E-state index contributed by atoms with van der Waals surface area (Å²) >= 11 is 0. The van der Waals surface area contributed by atoms with Crippen LogP contribution in [0.1, 0.15) is 46.5 Å². The van der Waals surface area contributed by atoms with E-state index in [-0.39, 0.29) is 18.4 Å². The minimum atomic E-state index is -0.459. The zero-order valence-electron chi connectivity index (χ0n) is 15.1. The number of hydrogen-bond donors (Lipinski definition) is 1. The van der Waals surface area contributed by atoms with Gasteiger partial charge in [0.15, 0.2) is 0 Å². The number of amides is 2. The van der Waals surface area contributed by atoms with Gasteiger partial charge in [-0.15, -0.1) is 0 Å². The van der Waals surface area contributed by atoms with Gasteiger partial charge >= 0.3 is 6.09 Å². The topological polar surface area (TPSA) is 85.7 Å². The first-order valence-electron chi connectivity index (χ1n) is 8.66. The Kier molecular flexibility index (Phi) is 8.55. The lowest BCUT2D eigenvalue weighted by Crippen LogP contribution is -2.39. The summed E-state index contributed by atoms with van der Waals surface area (Å²) in [7, 11) is 0. The van der Waals surface area contributed by atoms with E-state index < -0.39 is 5.60 Å². The second-order valence-electron chi connectivity index (χ2n) is 7.05. The molecule has 0 aromatic rings. The zero-order chi connectivity index (χ0) is 18.0. The Morgan fingerprint density at radius 3 is 2.58 bits per heavy atom. The molecule has 24 heavy (non-hydrogen) atoms. The number of nitrogens with one attached hydrogen (secondary N) is 1. The zero-order valence-corrected chi connectivity index (χ0v) is 15.1. The Morgan fingerprint density at radius 1 is 1.17 bits per heavy atom. The first-order valence-corrected chi connectivity index (χ1v) is 8.66. The molecule has 7 heteroatoms. The van der Waals surface area contributed by atoms with Crippen molar-refractivity contribution in [2.24, 2.45) is 0 Å². The van der Waals surface area contributed by atoms with Crippen LogP contribution in [0, 0.1) is 11.3 Å². The smallest absolute Gasteiger partial charge is 0.410 e. The summed E-state index contributed by atoms with van der Waals surface area (Å²) in [5.74, 6) is -0.208. The van der Waals surface area contributed by atoms with Gasteiger partial charge in [0.1, 0.15) is 12.0 Å². The highest BCUT2D eigenvalue weighted by Gasteiger charge is 2.24. The van der Waals surface area contributed by atoms with E-state index in [1.54, 1.807) is 4.90 Å². The summed E-state index contributed by atoms with van der Waals surface area (Å²) in [5.41, 5.74) is -0.459. The molecular formula is C17H30N4O3. The fourth-order valence-electron chi connectivity index (χ4n) is 2.53. The Labute approximate surface area is 144 Å². The molecule has 0 aromatic carbocycles. The molecule has 1 heterocycles. The molecule has 2 amide bonds. The van der Waals surface area contributed by atoms with Gasteiger partial charge in [0.2, 0.25) is 5.91 Å². The standard InChI is InChI=1S/C17H30N4O3/c1-17(2,3)24-16(23)21-12-6-11-20(13-14-21)10-5-4-9-19-15(22)7-8-18/h4-7,9-14H2,1-3H3,(H,19,22). The van der Waals surface area contributed by atoms with E-state index in [0.29, 0.717) is 13.1 Å². The maximum atomic E-state index is 12.1. The molecule has 1 aliphatic heterocycles. The molecule has 1 fully saturated rings. The van der Waals surface area contributed by atoms with Crippen LogP contribution in [0.3, 0.4) is 0 Å². The molecule has 1 aliphatic rings. The predicted octanol–water partition coefficient (Wildman–Crippen LogP) is 1.74. The average molecular weight is 338 g/mol. The molecular weight excluding hydrogens is 308 g/mol. The van der Waals surface area contributed by atoms with E-state index in [0.717, 1.165) is 45.4 Å². The lowest BCUT2D eigenvalue weighted by molar-refractivity contribution is -0.120. The van der Waals surface area contributed by atoms with Crippen molar-refractivity contribution >= 4 is 12.0 Å². The van der Waals surface area contributed by atoms with E-state index >= 15 is 0 Å². The van der Waals surface area contributed by atoms with Crippen LogP contribution in [-0.2, 0) is 9.53 Å². The maximum absolute atomic E-state index is 12.1. The fraction of sp³-hybridized carbons (Fsp3) is 0.824. The number of carbonyl (C=O) groups is 2. The summed E-state index contributed by atoms with van der Waals surface area (Å²) in [5, 5.41) is 11.1. The number of nitrogens with zero attached hydrogens (tertiary/aromatic N) is 3. The Balaban J connectivity index is 2.21. The van der Waals surface area contributed by atoms with E-state index in [1.165, 1.54) is 0 Å². The second-order valence-corrected chi connectivity index (χ2v) is 7.05. The average Bonchev–Trinajstić information content (AvgIpc) is 2.71. The fourth-order valence-corrected chi connectivity index (χ4v) is 2.53. The van der Waals surface area contributed by atoms with E-state index in [2.05, 4.69) is 10.2 Å². The number of unbranched alkanes of at least 4 members (excludes halogenated alkanes) is 1. The highest BCUT2D eigenvalue weighted by Crippen LogP contribution is 2.12. The van der Waals surface area contributed by atoms with Gasteiger partial charge in [-0.3, -0.25) is 4.79 Å². The number of rotatable bonds is 6. The number of carbonyl (C=O) groups excluding carboxylic acids is 2. The van der Waals surface area contributed by atoms with Crippen LogP contribution in [0.2, 0.25) is 0 Å². The maximum Gasteiger partial charge on any atom is 0.410 e. The Bertz CT molecular complexity index is 454. The third kappa shape index (κ3) is 8.73. The lowest BCUT2D eigenvalue weighted by atomic mass is 10.2. The summed E-state index contributed by atoms with van der Waals surface area (Å²) in [6, 6.07) is 1.83. The first kappa shape index (κ1) is 20.2. The Morgan fingerprint density at radius 2 is 1.92 bits per heavy atom. The van der Waals surface area contributed by atoms with E-state index in [1.807, 2.05) is 26.8 Å². The molecule has 1 rings (SSSR count). The van der Waals surface area contributed by atoms with Crippen molar-refractivity contribution < 1.29 is 14.3 Å². The van der Waals surface area contributed by atoms with Crippen molar-refractivity contribution in [1.29, 1.82) is 5.26 Å². The lowest BCUT2D eigenvalue weighted by Gasteiger charge is -2.26. The van der Waals surface area contributed by atoms with Gasteiger partial charge in [-0.2, -0.15) is 5.26 Å². The number of ether oxygens (including phenoxy) is 1. The van der Waals surface area contributed by atoms with Crippen molar-refractivity contribution in [3.63, 3.8) is 0 Å². The monoisotopic (exact) mass is 338 g/mol. The normalized spacial score (nSPS) is 16.2. The minimum Gasteiger partial charge on any atom is -0.444 e. The van der Waals surface area contributed by atoms with Crippen molar-refractivity contribution in [2.45, 2.75) is 52.1 Å². The van der Waals surface area contributed by atoms with Crippen LogP contribution in [0.4, 0.5) is 4.79 Å². The second kappa shape index (κ2) is 10.1. The molecule has 0 aromatic heterocycles. The van der Waals surface area contributed by atoms with Crippen LogP contribution < -0.4 is 5.32 Å². The van der Waals surface area contributed by atoms with Crippen molar-refractivity contribution in [1.82, 2.24) is 15.1 Å². The molecule has 7 nitrogen and oxygen atoms in total. The van der Waals surface area contributed by atoms with Gasteiger partial charge in [-0.1, -0.05) is 0 Å². The number of hydrogen-bond acceptors (Lipinski definition) is 5. The van der Waals surface area contributed by atoms with Crippen molar-refractivity contribution in [2.75, 3.05) is 39.3 Å². The molecule has 0 saturated carbocycles. The summed E-state index contributed by atoms with van der Waals surface area (Å²) in [6.45, 7) is 10.4. The minimum absolute atomic E-state index is 0.0768. The molecule has 0 radical (unpaired) electrons. The molecule has 0 spiro atoms. The van der Waals surface area contributed by atoms with Crippen LogP contribution in [0.15, 0.2) is 0 Å². The third-order valence-electron chi connectivity index (χ3n) is 3.70. The van der Waals surface area contributed by atoms with Crippen LogP contribution in [-0.4, -0.2) is 66.7 Å². The van der Waals surface area contributed by atoms with Gasteiger partial charge in [-0.25, -0.2) is 4.79 Å². The van der Waals surface area contributed by atoms with Crippen molar-refractivity contribution in [3.05, 3.63) is 0 Å². The van der Waals surface area contributed by atoms with Gasteiger partial charge in [-0.05, 0) is 53.1 Å². The molecule has 0 unspecified atom stereocenters. The molecule has 0 atom stereocenters. The summed E-state index contributed by atoms with van der Waals surface area (Å²) in [4.78, 5) is 27.4. The highest BCUT2D eigenvalue weighted by molar-refractivity contribution is 5.77. The van der Waals surface area contributed by atoms with Crippen LogP contribution >= 0.6 is 0 Å². The van der Waals surface area contributed by atoms with Gasteiger partial charge in [0, 0.05) is 26.2 Å². The quantitative estimate of drug-likeness (QED) is 0.746. The molecule has 1 N–H and O–H groups in total. The predicted molar refractivity (Wildman–Crippen MR) is 91.3 cm³/mol. The molecule has 1 saturated heterocycles. The highest BCUT2D eigenvalue weighted by atomic mass is 16.6. The Hall–Kier alpha value is -1.81. The van der Waals surface area contributed by atoms with E-state index in [9.17, 15) is 9.59 Å².